The van der Waals surface area contributed by atoms with Gasteiger partial charge in [-0.25, -0.2) is 0 Å². The highest BCUT2D eigenvalue weighted by Gasteiger charge is 2.19. The van der Waals surface area contributed by atoms with E-state index in [1.807, 2.05) is 12.3 Å². The average Bonchev–Trinajstić information content (AvgIpc) is 3.30. The van der Waals surface area contributed by atoms with Gasteiger partial charge in [-0.3, -0.25) is 4.98 Å². The molecular formula is C16H16Cl2N2O. The molecule has 0 bridgehead atoms. The van der Waals surface area contributed by atoms with Gasteiger partial charge < -0.3 is 10.1 Å². The summed E-state index contributed by atoms with van der Waals surface area (Å²) in [7, 11) is 0. The van der Waals surface area contributed by atoms with Crippen molar-refractivity contribution in [1.82, 2.24) is 10.3 Å². The molecule has 5 heteroatoms. The Kier molecular flexibility index (Phi) is 4.63. The molecule has 1 aliphatic carbocycles. The topological polar surface area (TPSA) is 34.1 Å². The Morgan fingerprint density at radius 1 is 1.19 bits per heavy atom. The molecule has 2 aromatic rings. The van der Waals surface area contributed by atoms with Gasteiger partial charge in [-0.2, -0.15) is 0 Å². The van der Waals surface area contributed by atoms with Gasteiger partial charge in [-0.1, -0.05) is 29.3 Å². The number of hydrogen-bond donors (Lipinski definition) is 1. The summed E-state index contributed by atoms with van der Waals surface area (Å²) in [5.74, 6) is 0.613. The zero-order valence-electron chi connectivity index (χ0n) is 11.5. The predicted molar refractivity (Wildman–Crippen MR) is 84.9 cm³/mol. The highest BCUT2D eigenvalue weighted by atomic mass is 35.5. The predicted octanol–water partition coefficient (Wildman–Crippen LogP) is 4.22. The number of halogens is 2. The highest BCUT2D eigenvalue weighted by molar-refractivity contribution is 6.35. The lowest BCUT2D eigenvalue weighted by Crippen LogP contribution is -2.15. The van der Waals surface area contributed by atoms with Gasteiger partial charge in [0.25, 0.3) is 0 Å². The molecule has 3 nitrogen and oxygen atoms in total. The van der Waals surface area contributed by atoms with Gasteiger partial charge in [0.05, 0.1) is 10.7 Å². The fraction of sp³-hybridized carbons (Fsp3) is 0.312. The quantitative estimate of drug-likeness (QED) is 0.864. The summed E-state index contributed by atoms with van der Waals surface area (Å²) in [6.07, 6.45) is 4.47. The Morgan fingerprint density at radius 2 is 2.05 bits per heavy atom. The van der Waals surface area contributed by atoms with Crippen molar-refractivity contribution in [3.05, 3.63) is 57.8 Å². The molecule has 0 saturated heterocycles. The summed E-state index contributed by atoms with van der Waals surface area (Å²) < 4.78 is 5.66. The molecule has 0 atom stereocenters. The van der Waals surface area contributed by atoms with Crippen LogP contribution < -0.4 is 10.1 Å². The van der Waals surface area contributed by atoms with Crippen molar-refractivity contribution in [1.29, 1.82) is 0 Å². The lowest BCUT2D eigenvalue weighted by atomic mass is 10.2. The second-order valence-electron chi connectivity index (χ2n) is 5.18. The van der Waals surface area contributed by atoms with Crippen molar-refractivity contribution in [2.75, 3.05) is 0 Å². The SMILES string of the molecule is Clc1ccc(OCc2ccc(CNC3CC3)cn2)c(Cl)c1. The van der Waals surface area contributed by atoms with E-state index in [-0.39, 0.29) is 0 Å². The Balaban J connectivity index is 1.54. The zero-order valence-corrected chi connectivity index (χ0v) is 13.0. The second kappa shape index (κ2) is 6.65. The van der Waals surface area contributed by atoms with E-state index in [0.717, 1.165) is 12.2 Å². The van der Waals surface area contributed by atoms with Crippen LogP contribution in [0.25, 0.3) is 0 Å². The summed E-state index contributed by atoms with van der Waals surface area (Å²) in [5, 5.41) is 4.56. The van der Waals surface area contributed by atoms with E-state index in [2.05, 4.69) is 16.4 Å². The van der Waals surface area contributed by atoms with Crippen LogP contribution in [0.3, 0.4) is 0 Å². The number of benzene rings is 1. The Hall–Kier alpha value is -1.29. The normalized spacial score (nSPS) is 14.2. The number of ether oxygens (including phenoxy) is 1. The van der Waals surface area contributed by atoms with Gasteiger partial charge in [0, 0.05) is 23.8 Å². The van der Waals surface area contributed by atoms with E-state index >= 15 is 0 Å². The molecule has 1 fully saturated rings. The largest absolute Gasteiger partial charge is 0.486 e. The molecule has 1 aromatic carbocycles. The molecule has 0 amide bonds. The van der Waals surface area contributed by atoms with Crippen LogP contribution in [-0.4, -0.2) is 11.0 Å². The number of nitrogens with one attached hydrogen (secondary N) is 1. The molecule has 1 aromatic heterocycles. The minimum atomic E-state index is 0.387. The summed E-state index contributed by atoms with van der Waals surface area (Å²) in [6.45, 7) is 1.26. The number of aromatic nitrogens is 1. The van der Waals surface area contributed by atoms with Crippen molar-refractivity contribution in [2.24, 2.45) is 0 Å². The first-order valence-corrected chi connectivity index (χ1v) is 7.71. The Bertz CT molecular complexity index is 612. The van der Waals surface area contributed by atoms with Crippen LogP contribution in [0.2, 0.25) is 10.0 Å². The number of pyridine rings is 1. The van der Waals surface area contributed by atoms with Crippen LogP contribution in [0.15, 0.2) is 36.5 Å². The summed E-state index contributed by atoms with van der Waals surface area (Å²) in [4.78, 5) is 4.41. The van der Waals surface area contributed by atoms with Crippen LogP contribution in [0, 0.1) is 0 Å². The van der Waals surface area contributed by atoms with E-state index in [1.54, 1.807) is 18.2 Å². The molecule has 0 spiro atoms. The van der Waals surface area contributed by atoms with Crippen molar-refractivity contribution >= 4 is 23.2 Å². The third-order valence-electron chi connectivity index (χ3n) is 3.33. The minimum Gasteiger partial charge on any atom is -0.486 e. The fourth-order valence-electron chi connectivity index (χ4n) is 1.94. The average molecular weight is 323 g/mol. The van der Waals surface area contributed by atoms with Crippen molar-refractivity contribution in [2.45, 2.75) is 32.0 Å². The van der Waals surface area contributed by atoms with Crippen LogP contribution in [0.5, 0.6) is 5.75 Å². The molecular weight excluding hydrogens is 307 g/mol. The Labute approximate surface area is 134 Å². The lowest BCUT2D eigenvalue weighted by molar-refractivity contribution is 0.301. The highest BCUT2D eigenvalue weighted by Crippen LogP contribution is 2.28. The first-order chi connectivity index (χ1) is 10.2. The van der Waals surface area contributed by atoms with Gasteiger partial charge in [0.15, 0.2) is 0 Å². The smallest absolute Gasteiger partial charge is 0.138 e. The van der Waals surface area contributed by atoms with Crippen LogP contribution in [0.1, 0.15) is 24.1 Å². The molecule has 1 N–H and O–H groups in total. The molecule has 1 heterocycles. The molecule has 1 saturated carbocycles. The van der Waals surface area contributed by atoms with Crippen molar-refractivity contribution < 1.29 is 4.74 Å². The van der Waals surface area contributed by atoms with Crippen LogP contribution in [-0.2, 0) is 13.2 Å². The third kappa shape index (κ3) is 4.34. The van der Waals surface area contributed by atoms with Gasteiger partial charge >= 0.3 is 0 Å². The van der Waals surface area contributed by atoms with E-state index in [0.29, 0.717) is 28.4 Å². The summed E-state index contributed by atoms with van der Waals surface area (Å²) in [6, 6.07) is 9.94. The summed E-state index contributed by atoms with van der Waals surface area (Å²) >= 11 is 11.9. The van der Waals surface area contributed by atoms with E-state index < -0.39 is 0 Å². The fourth-order valence-corrected chi connectivity index (χ4v) is 2.40. The number of hydrogen-bond acceptors (Lipinski definition) is 3. The van der Waals surface area contributed by atoms with Gasteiger partial charge in [0.1, 0.15) is 12.4 Å². The molecule has 0 radical (unpaired) electrons. The van der Waals surface area contributed by atoms with E-state index in [1.165, 1.54) is 18.4 Å². The van der Waals surface area contributed by atoms with Gasteiger partial charge in [0.2, 0.25) is 0 Å². The molecule has 3 rings (SSSR count). The third-order valence-corrected chi connectivity index (χ3v) is 3.86. The lowest BCUT2D eigenvalue weighted by Gasteiger charge is -2.08. The molecule has 0 unspecified atom stereocenters. The monoisotopic (exact) mass is 322 g/mol. The zero-order chi connectivity index (χ0) is 14.7. The van der Waals surface area contributed by atoms with Gasteiger partial charge in [-0.05, 0) is 42.7 Å². The van der Waals surface area contributed by atoms with Crippen LogP contribution in [0.4, 0.5) is 0 Å². The minimum absolute atomic E-state index is 0.387. The van der Waals surface area contributed by atoms with Gasteiger partial charge in [-0.15, -0.1) is 0 Å². The molecule has 0 aliphatic heterocycles. The summed E-state index contributed by atoms with van der Waals surface area (Å²) in [5.41, 5.74) is 2.06. The first-order valence-electron chi connectivity index (χ1n) is 6.96. The maximum absolute atomic E-state index is 6.06. The molecule has 21 heavy (non-hydrogen) atoms. The number of rotatable bonds is 6. The second-order valence-corrected chi connectivity index (χ2v) is 6.02. The first kappa shape index (κ1) is 14.6. The van der Waals surface area contributed by atoms with Crippen molar-refractivity contribution in [3.63, 3.8) is 0 Å². The van der Waals surface area contributed by atoms with E-state index in [9.17, 15) is 0 Å². The Morgan fingerprint density at radius 3 is 2.71 bits per heavy atom. The van der Waals surface area contributed by atoms with Crippen molar-refractivity contribution in [3.8, 4) is 5.75 Å². The maximum atomic E-state index is 6.06. The number of nitrogens with zero attached hydrogens (tertiary/aromatic N) is 1. The van der Waals surface area contributed by atoms with E-state index in [4.69, 9.17) is 27.9 Å². The maximum Gasteiger partial charge on any atom is 0.138 e. The molecule has 110 valence electrons. The molecule has 1 aliphatic rings. The van der Waals surface area contributed by atoms with Crippen LogP contribution >= 0.6 is 23.2 Å². The standard InChI is InChI=1S/C16H16Cl2N2O/c17-12-2-6-16(15(18)7-12)21-10-14-3-1-11(9-20-14)8-19-13-4-5-13/h1-3,6-7,9,13,19H,4-5,8,10H2.